The Hall–Kier alpha value is -1.73. The van der Waals surface area contributed by atoms with E-state index in [1.807, 2.05) is 6.92 Å². The highest BCUT2D eigenvalue weighted by Crippen LogP contribution is 2.32. The minimum absolute atomic E-state index is 0.0302. The number of rotatable bonds is 6. The van der Waals surface area contributed by atoms with Crippen molar-refractivity contribution in [3.63, 3.8) is 0 Å². The van der Waals surface area contributed by atoms with Gasteiger partial charge in [0.1, 0.15) is 5.75 Å². The van der Waals surface area contributed by atoms with Crippen LogP contribution in [0.4, 0.5) is 0 Å². The maximum atomic E-state index is 12.7. The second-order valence-corrected chi connectivity index (χ2v) is 9.20. The number of carbonyl (C=O) groups is 1. The Morgan fingerprint density at radius 3 is 2.93 bits per heavy atom. The highest BCUT2D eigenvalue weighted by molar-refractivity contribution is 8.00. The summed E-state index contributed by atoms with van der Waals surface area (Å²) in [6.45, 7) is 6.37. The second-order valence-electron chi connectivity index (χ2n) is 7.45. The number of amides is 1. The van der Waals surface area contributed by atoms with E-state index in [2.05, 4.69) is 34.3 Å². The van der Waals surface area contributed by atoms with Crippen LogP contribution in [0.3, 0.4) is 0 Å². The largest absolute Gasteiger partial charge is 0.496 e. The number of thioether (sulfide) groups is 1. The van der Waals surface area contributed by atoms with Crippen molar-refractivity contribution in [3.8, 4) is 17.1 Å². The van der Waals surface area contributed by atoms with Crippen molar-refractivity contribution in [3.05, 3.63) is 23.2 Å². The summed E-state index contributed by atoms with van der Waals surface area (Å²) in [6.07, 6.45) is 3.46. The number of hydrogen-bond donors (Lipinski definition) is 2. The first-order chi connectivity index (χ1) is 13.4. The zero-order valence-corrected chi connectivity index (χ0v) is 18.2. The van der Waals surface area contributed by atoms with Gasteiger partial charge in [-0.3, -0.25) is 9.89 Å². The smallest absolute Gasteiger partial charge is 0.233 e. The molecular formula is C20H27ClN4O2S. The summed E-state index contributed by atoms with van der Waals surface area (Å²) in [4.78, 5) is 17.2. The topological polar surface area (TPSA) is 79.9 Å². The van der Waals surface area contributed by atoms with E-state index in [1.165, 1.54) is 24.6 Å². The van der Waals surface area contributed by atoms with Crippen LogP contribution < -0.4 is 10.1 Å². The predicted molar refractivity (Wildman–Crippen MR) is 113 cm³/mol. The number of carbonyl (C=O) groups excluding carboxylic acids is 1. The third kappa shape index (κ3) is 4.81. The third-order valence-corrected chi connectivity index (χ3v) is 6.76. The standard InChI is InChI=1S/C20H27ClN4O2S/c1-11-6-5-7-16(12(11)2)22-19(26)13(3)28-20-23-18(24-25-20)15-10-14(21)8-9-17(15)27-4/h8-13,16H,5-7H2,1-4H3,(H,22,26)(H,23,24,25)/t11-,12+,13+,16+/m0/s1. The average Bonchev–Trinajstić information content (AvgIpc) is 3.13. The lowest BCUT2D eigenvalue weighted by Crippen LogP contribution is -2.46. The number of nitrogens with zero attached hydrogens (tertiary/aromatic N) is 2. The van der Waals surface area contributed by atoms with Crippen molar-refractivity contribution in [1.29, 1.82) is 0 Å². The third-order valence-electron chi connectivity index (χ3n) is 5.57. The molecule has 2 N–H and O–H groups in total. The van der Waals surface area contributed by atoms with Gasteiger partial charge in [-0.25, -0.2) is 4.98 Å². The number of ether oxygens (including phenoxy) is 1. The maximum absolute atomic E-state index is 12.7. The van der Waals surface area contributed by atoms with E-state index in [1.54, 1.807) is 25.3 Å². The highest BCUT2D eigenvalue weighted by atomic mass is 35.5. The molecule has 1 aliphatic carbocycles. The molecule has 0 unspecified atom stereocenters. The average molecular weight is 423 g/mol. The van der Waals surface area contributed by atoms with Gasteiger partial charge in [0.25, 0.3) is 0 Å². The van der Waals surface area contributed by atoms with E-state index in [4.69, 9.17) is 16.3 Å². The maximum Gasteiger partial charge on any atom is 0.233 e. The molecule has 152 valence electrons. The van der Waals surface area contributed by atoms with E-state index in [0.717, 1.165) is 12.0 Å². The number of hydrogen-bond acceptors (Lipinski definition) is 5. The van der Waals surface area contributed by atoms with Crippen LogP contribution in [-0.4, -0.2) is 39.5 Å². The van der Waals surface area contributed by atoms with Crippen LogP contribution in [0.1, 0.15) is 40.0 Å². The Morgan fingerprint density at radius 1 is 1.39 bits per heavy atom. The number of nitrogens with one attached hydrogen (secondary N) is 2. The van der Waals surface area contributed by atoms with Crippen LogP contribution in [0.15, 0.2) is 23.4 Å². The fraction of sp³-hybridized carbons (Fsp3) is 0.550. The van der Waals surface area contributed by atoms with Crippen LogP contribution in [0.5, 0.6) is 5.75 Å². The Balaban J connectivity index is 1.64. The summed E-state index contributed by atoms with van der Waals surface area (Å²) in [6, 6.07) is 5.57. The fourth-order valence-electron chi connectivity index (χ4n) is 3.58. The van der Waals surface area contributed by atoms with Gasteiger partial charge in [0, 0.05) is 11.1 Å². The zero-order chi connectivity index (χ0) is 20.3. The van der Waals surface area contributed by atoms with Gasteiger partial charge in [0.15, 0.2) is 5.82 Å². The molecule has 8 heteroatoms. The molecule has 2 aromatic rings. The molecule has 0 bridgehead atoms. The van der Waals surface area contributed by atoms with Crippen molar-refractivity contribution >= 4 is 29.3 Å². The first kappa shape index (κ1) is 21.0. The summed E-state index contributed by atoms with van der Waals surface area (Å²) in [5.74, 6) is 2.39. The number of aromatic nitrogens is 3. The van der Waals surface area contributed by atoms with Crippen molar-refractivity contribution in [2.45, 2.75) is 56.5 Å². The monoisotopic (exact) mass is 422 g/mol. The van der Waals surface area contributed by atoms with Crippen molar-refractivity contribution in [2.24, 2.45) is 11.8 Å². The van der Waals surface area contributed by atoms with Gasteiger partial charge in [-0.1, -0.05) is 50.1 Å². The number of aromatic amines is 1. The molecule has 0 saturated heterocycles. The molecule has 4 atom stereocenters. The number of H-pyrrole nitrogens is 1. The van der Waals surface area contributed by atoms with Gasteiger partial charge in [-0.15, -0.1) is 5.10 Å². The normalized spacial score (nSPS) is 23.2. The molecule has 3 rings (SSSR count). The summed E-state index contributed by atoms with van der Waals surface area (Å²) in [7, 11) is 1.60. The Bertz CT molecular complexity index is 828. The SMILES string of the molecule is COc1ccc(Cl)cc1-c1nc(S[C@H](C)C(=O)N[C@@H]2CCC[C@H](C)[C@H]2C)n[nH]1. The highest BCUT2D eigenvalue weighted by Gasteiger charge is 2.29. The van der Waals surface area contributed by atoms with Crippen molar-refractivity contribution in [2.75, 3.05) is 7.11 Å². The molecule has 0 spiro atoms. The molecule has 0 aliphatic heterocycles. The lowest BCUT2D eigenvalue weighted by atomic mass is 9.78. The minimum Gasteiger partial charge on any atom is -0.496 e. The first-order valence-corrected chi connectivity index (χ1v) is 10.9. The molecule has 1 aliphatic rings. The van der Waals surface area contributed by atoms with Crippen molar-refractivity contribution < 1.29 is 9.53 Å². The summed E-state index contributed by atoms with van der Waals surface area (Å²) in [5, 5.41) is 11.2. The van der Waals surface area contributed by atoms with Gasteiger partial charge in [-0.2, -0.15) is 0 Å². The lowest BCUT2D eigenvalue weighted by molar-refractivity contribution is -0.121. The van der Waals surface area contributed by atoms with Crippen molar-refractivity contribution in [1.82, 2.24) is 20.5 Å². The molecule has 0 radical (unpaired) electrons. The number of methoxy groups -OCH3 is 1. The molecule has 1 heterocycles. The lowest BCUT2D eigenvalue weighted by Gasteiger charge is -2.35. The van der Waals surface area contributed by atoms with E-state index in [-0.39, 0.29) is 17.2 Å². The molecule has 1 fully saturated rings. The van der Waals surface area contributed by atoms with Crippen LogP contribution in [0.2, 0.25) is 5.02 Å². The Morgan fingerprint density at radius 2 is 2.18 bits per heavy atom. The van der Waals surface area contributed by atoms with E-state index < -0.39 is 0 Å². The molecule has 1 saturated carbocycles. The summed E-state index contributed by atoms with van der Waals surface area (Å²) < 4.78 is 5.37. The Kier molecular flexibility index (Phi) is 6.88. The molecule has 1 aromatic carbocycles. The van der Waals surface area contributed by atoms with Gasteiger partial charge in [-0.05, 0) is 43.4 Å². The molecule has 28 heavy (non-hydrogen) atoms. The van der Waals surface area contributed by atoms with Gasteiger partial charge in [0.2, 0.25) is 11.1 Å². The fourth-order valence-corrected chi connectivity index (χ4v) is 4.49. The zero-order valence-electron chi connectivity index (χ0n) is 16.7. The molecule has 1 amide bonds. The Labute approximate surface area is 175 Å². The predicted octanol–water partition coefficient (Wildman–Crippen LogP) is 4.56. The van der Waals surface area contributed by atoms with Crippen LogP contribution in [0.25, 0.3) is 11.4 Å². The van der Waals surface area contributed by atoms with Gasteiger partial charge in [0.05, 0.1) is 17.9 Å². The van der Waals surface area contributed by atoms with Gasteiger partial charge >= 0.3 is 0 Å². The van der Waals surface area contributed by atoms with E-state index in [0.29, 0.717) is 33.6 Å². The summed E-state index contributed by atoms with van der Waals surface area (Å²) in [5.41, 5.74) is 0.733. The van der Waals surface area contributed by atoms with E-state index >= 15 is 0 Å². The number of benzene rings is 1. The van der Waals surface area contributed by atoms with Gasteiger partial charge < -0.3 is 10.1 Å². The van der Waals surface area contributed by atoms with Crippen LogP contribution >= 0.6 is 23.4 Å². The summed E-state index contributed by atoms with van der Waals surface area (Å²) >= 11 is 7.43. The molecular weight excluding hydrogens is 396 g/mol. The second kappa shape index (κ2) is 9.18. The minimum atomic E-state index is -0.283. The first-order valence-electron chi connectivity index (χ1n) is 9.62. The van der Waals surface area contributed by atoms with Crippen LogP contribution in [0, 0.1) is 11.8 Å². The molecule has 1 aromatic heterocycles. The quantitative estimate of drug-likeness (QED) is 0.667. The van der Waals surface area contributed by atoms with E-state index in [9.17, 15) is 4.79 Å². The number of halogens is 1. The van der Waals surface area contributed by atoms with Crippen LogP contribution in [-0.2, 0) is 4.79 Å². The molecule has 6 nitrogen and oxygen atoms in total.